The zero-order valence-corrected chi connectivity index (χ0v) is 10.8. The van der Waals surface area contributed by atoms with E-state index >= 15 is 0 Å². The van der Waals surface area contributed by atoms with Gasteiger partial charge in [-0.15, -0.1) is 11.3 Å². The van der Waals surface area contributed by atoms with Gasteiger partial charge in [-0.2, -0.15) is 0 Å². The van der Waals surface area contributed by atoms with Crippen LogP contribution in [0.2, 0.25) is 0 Å². The number of hydrogen-bond acceptors (Lipinski definition) is 4. The van der Waals surface area contributed by atoms with Gasteiger partial charge in [0.2, 0.25) is 0 Å². The first-order chi connectivity index (χ1) is 8.79. The normalized spacial score (nSPS) is 12.9. The molecule has 3 rings (SSSR count). The number of amides is 1. The van der Waals surface area contributed by atoms with Crippen molar-refractivity contribution in [2.75, 3.05) is 18.9 Å². The van der Waals surface area contributed by atoms with Crippen molar-refractivity contribution in [2.45, 2.75) is 6.42 Å². The first-order valence-electron chi connectivity index (χ1n) is 5.83. The van der Waals surface area contributed by atoms with Crippen LogP contribution in [0, 0.1) is 0 Å². The highest BCUT2D eigenvalue weighted by Crippen LogP contribution is 2.35. The third-order valence-corrected chi connectivity index (χ3v) is 4.16. The molecule has 3 heterocycles. The molecule has 0 radical (unpaired) electrons. The number of fused-ring (bicyclic) bond motifs is 1. The molecule has 0 spiro atoms. The first kappa shape index (κ1) is 11.2. The van der Waals surface area contributed by atoms with Gasteiger partial charge in [-0.25, -0.2) is 4.98 Å². The van der Waals surface area contributed by atoms with E-state index in [4.69, 9.17) is 0 Å². The summed E-state index contributed by atoms with van der Waals surface area (Å²) in [5.41, 5.74) is 2.44. The van der Waals surface area contributed by atoms with Crippen molar-refractivity contribution < 1.29 is 4.79 Å². The van der Waals surface area contributed by atoms with Crippen LogP contribution in [0.15, 0.2) is 24.4 Å². The Morgan fingerprint density at radius 2 is 2.33 bits per heavy atom. The summed E-state index contributed by atoms with van der Waals surface area (Å²) in [6.07, 6.45) is 2.80. The number of anilines is 1. The van der Waals surface area contributed by atoms with Crippen molar-refractivity contribution in [3.63, 3.8) is 0 Å². The molecule has 0 aromatic carbocycles. The summed E-state index contributed by atoms with van der Waals surface area (Å²) in [5.74, 6) is 0.942. The van der Waals surface area contributed by atoms with E-state index in [2.05, 4.69) is 15.6 Å². The average molecular weight is 259 g/mol. The van der Waals surface area contributed by atoms with Gasteiger partial charge < -0.3 is 10.6 Å². The van der Waals surface area contributed by atoms with Crippen LogP contribution in [0.3, 0.4) is 0 Å². The highest BCUT2D eigenvalue weighted by molar-refractivity contribution is 7.17. The van der Waals surface area contributed by atoms with Crippen LogP contribution < -0.4 is 10.6 Å². The molecule has 0 saturated carbocycles. The van der Waals surface area contributed by atoms with Gasteiger partial charge in [-0.1, -0.05) is 0 Å². The van der Waals surface area contributed by atoms with Gasteiger partial charge in [0, 0.05) is 35.8 Å². The molecule has 1 amide bonds. The van der Waals surface area contributed by atoms with Crippen LogP contribution in [0.1, 0.15) is 15.2 Å². The van der Waals surface area contributed by atoms with E-state index < -0.39 is 0 Å². The standard InChI is InChI=1S/C13H13N3OS/c1-14-13(17)11-3-2-10(18-11)8-4-6-15-12-9(8)5-7-16-12/h2-4,6H,5,7H2,1H3,(H,14,17)(H,15,16). The lowest BCUT2D eigenvalue weighted by atomic mass is 10.1. The van der Waals surface area contributed by atoms with Gasteiger partial charge in [0.1, 0.15) is 5.82 Å². The van der Waals surface area contributed by atoms with Gasteiger partial charge in [0.25, 0.3) is 5.91 Å². The maximum Gasteiger partial charge on any atom is 0.261 e. The third kappa shape index (κ3) is 1.76. The molecule has 0 bridgehead atoms. The summed E-state index contributed by atoms with van der Waals surface area (Å²) in [7, 11) is 1.65. The third-order valence-electron chi connectivity index (χ3n) is 3.05. The van der Waals surface area contributed by atoms with Crippen LogP contribution in [-0.4, -0.2) is 24.5 Å². The molecule has 0 saturated heterocycles. The minimum absolute atomic E-state index is 0.0323. The smallest absolute Gasteiger partial charge is 0.261 e. The Morgan fingerprint density at radius 3 is 3.17 bits per heavy atom. The first-order valence-corrected chi connectivity index (χ1v) is 6.65. The highest BCUT2D eigenvalue weighted by Gasteiger charge is 2.18. The minimum atomic E-state index is -0.0323. The van der Waals surface area contributed by atoms with Crippen molar-refractivity contribution in [3.05, 3.63) is 34.8 Å². The van der Waals surface area contributed by atoms with Crippen LogP contribution in [0.25, 0.3) is 10.4 Å². The van der Waals surface area contributed by atoms with Crippen molar-refractivity contribution in [2.24, 2.45) is 0 Å². The number of nitrogens with zero attached hydrogens (tertiary/aromatic N) is 1. The summed E-state index contributed by atoms with van der Waals surface area (Å²) in [6.45, 7) is 0.938. The van der Waals surface area contributed by atoms with Crippen LogP contribution in [-0.2, 0) is 6.42 Å². The second-order valence-corrected chi connectivity index (χ2v) is 5.19. The molecule has 0 fully saturated rings. The Bertz CT molecular complexity index is 606. The molecule has 4 nitrogen and oxygen atoms in total. The largest absolute Gasteiger partial charge is 0.369 e. The van der Waals surface area contributed by atoms with Crippen molar-refractivity contribution in [3.8, 4) is 10.4 Å². The Labute approximate surface area is 109 Å². The number of aromatic nitrogens is 1. The molecule has 2 aromatic heterocycles. The molecule has 2 N–H and O–H groups in total. The molecule has 0 unspecified atom stereocenters. The summed E-state index contributed by atoms with van der Waals surface area (Å²) in [6, 6.07) is 5.89. The quantitative estimate of drug-likeness (QED) is 0.868. The number of rotatable bonds is 2. The number of pyridine rings is 1. The predicted octanol–water partition coefficient (Wildman–Crippen LogP) is 2.14. The zero-order valence-electron chi connectivity index (χ0n) is 9.99. The molecule has 1 aliphatic rings. The van der Waals surface area contributed by atoms with Gasteiger partial charge >= 0.3 is 0 Å². The molecule has 2 aromatic rings. The maximum atomic E-state index is 11.6. The lowest BCUT2D eigenvalue weighted by Crippen LogP contribution is -2.15. The average Bonchev–Trinajstić information content (AvgIpc) is 3.05. The van der Waals surface area contributed by atoms with Gasteiger partial charge in [0.15, 0.2) is 0 Å². The Balaban J connectivity index is 2.03. The van der Waals surface area contributed by atoms with E-state index in [9.17, 15) is 4.79 Å². The lowest BCUT2D eigenvalue weighted by Gasteiger charge is -2.04. The van der Waals surface area contributed by atoms with E-state index in [-0.39, 0.29) is 5.91 Å². The SMILES string of the molecule is CNC(=O)c1ccc(-c2ccnc3c2CCN3)s1. The second-order valence-electron chi connectivity index (χ2n) is 4.11. The number of carbonyl (C=O) groups excluding carboxylic acids is 1. The van der Waals surface area contributed by atoms with Crippen molar-refractivity contribution >= 4 is 23.1 Å². The zero-order chi connectivity index (χ0) is 12.5. The van der Waals surface area contributed by atoms with Gasteiger partial charge in [-0.3, -0.25) is 4.79 Å². The Morgan fingerprint density at radius 1 is 1.44 bits per heavy atom. The molecule has 92 valence electrons. The summed E-state index contributed by atoms with van der Waals surface area (Å²) >= 11 is 1.52. The number of hydrogen-bond donors (Lipinski definition) is 2. The Kier molecular flexibility index (Phi) is 2.76. The van der Waals surface area contributed by atoms with E-state index in [1.54, 1.807) is 7.05 Å². The van der Waals surface area contributed by atoms with E-state index in [0.29, 0.717) is 0 Å². The van der Waals surface area contributed by atoms with Crippen molar-refractivity contribution in [1.29, 1.82) is 0 Å². The fourth-order valence-electron chi connectivity index (χ4n) is 2.16. The molecular weight excluding hydrogens is 246 g/mol. The predicted molar refractivity (Wildman–Crippen MR) is 73.1 cm³/mol. The van der Waals surface area contributed by atoms with Crippen LogP contribution >= 0.6 is 11.3 Å². The monoisotopic (exact) mass is 259 g/mol. The molecule has 0 aliphatic carbocycles. The lowest BCUT2D eigenvalue weighted by molar-refractivity contribution is 0.0967. The fraction of sp³-hybridized carbons (Fsp3) is 0.231. The topological polar surface area (TPSA) is 54.0 Å². The Hall–Kier alpha value is -1.88. The fourth-order valence-corrected chi connectivity index (χ4v) is 3.17. The summed E-state index contributed by atoms with van der Waals surface area (Å²) in [5, 5.41) is 5.91. The highest BCUT2D eigenvalue weighted by atomic mass is 32.1. The number of thiophene rings is 1. The van der Waals surface area contributed by atoms with Gasteiger partial charge in [0.05, 0.1) is 4.88 Å². The van der Waals surface area contributed by atoms with Gasteiger partial charge in [-0.05, 0) is 24.6 Å². The molecule has 1 aliphatic heterocycles. The second kappa shape index (κ2) is 4.42. The van der Waals surface area contributed by atoms with E-state index in [0.717, 1.165) is 28.5 Å². The molecule has 0 atom stereocenters. The van der Waals surface area contributed by atoms with Crippen LogP contribution in [0.4, 0.5) is 5.82 Å². The maximum absolute atomic E-state index is 11.6. The number of carbonyl (C=O) groups is 1. The summed E-state index contributed by atoms with van der Waals surface area (Å²) in [4.78, 5) is 17.7. The van der Waals surface area contributed by atoms with Crippen LogP contribution in [0.5, 0.6) is 0 Å². The number of nitrogens with one attached hydrogen (secondary N) is 2. The van der Waals surface area contributed by atoms with E-state index in [1.807, 2.05) is 24.4 Å². The summed E-state index contributed by atoms with van der Waals surface area (Å²) < 4.78 is 0. The van der Waals surface area contributed by atoms with E-state index in [1.165, 1.54) is 22.5 Å². The molecular formula is C13H13N3OS. The minimum Gasteiger partial charge on any atom is -0.369 e. The molecule has 5 heteroatoms. The van der Waals surface area contributed by atoms with Crippen molar-refractivity contribution in [1.82, 2.24) is 10.3 Å². The molecule has 18 heavy (non-hydrogen) atoms.